The fourth-order valence-corrected chi connectivity index (χ4v) is 3.31. The van der Waals surface area contributed by atoms with Crippen LogP contribution in [0.5, 0.6) is 17.2 Å². The highest BCUT2D eigenvalue weighted by Gasteiger charge is 2.11. The number of carbonyl (C=O) groups excluding carboxylic acids is 1. The highest BCUT2D eigenvalue weighted by Crippen LogP contribution is 2.29. The monoisotopic (exact) mass is 417 g/mol. The van der Waals surface area contributed by atoms with Crippen LogP contribution in [0.15, 0.2) is 54.7 Å². The van der Waals surface area contributed by atoms with Crippen LogP contribution in [0.2, 0.25) is 0 Å². The molecule has 4 rings (SSSR count). The molecule has 0 saturated heterocycles. The summed E-state index contributed by atoms with van der Waals surface area (Å²) in [5.41, 5.74) is 9.57. The molecule has 0 aliphatic carbocycles. The molecule has 0 spiro atoms. The predicted octanol–water partition coefficient (Wildman–Crippen LogP) is 3.85. The Bertz CT molecular complexity index is 1270. The number of nitrogens with one attached hydrogen (secondary N) is 1. The van der Waals surface area contributed by atoms with Crippen molar-refractivity contribution in [2.24, 2.45) is 12.8 Å². The summed E-state index contributed by atoms with van der Waals surface area (Å²) < 4.78 is 13.2. The molecule has 0 fully saturated rings. The molecule has 0 saturated carbocycles. The zero-order valence-corrected chi connectivity index (χ0v) is 17.5. The molecule has 8 nitrogen and oxygen atoms in total. The Morgan fingerprint density at radius 2 is 1.87 bits per heavy atom. The number of fused-ring (bicyclic) bond motifs is 1. The number of hydrogen-bond acceptors (Lipinski definition) is 6. The molecule has 2 aromatic carbocycles. The highest BCUT2D eigenvalue weighted by atomic mass is 16.5. The maximum Gasteiger partial charge on any atom is 0.223 e. The summed E-state index contributed by atoms with van der Waals surface area (Å²) in [7, 11) is 3.60. The average Bonchev–Trinajstić information content (AvgIpc) is 3.04. The Balaban J connectivity index is 1.58. The van der Waals surface area contributed by atoms with Crippen LogP contribution in [0.25, 0.3) is 11.0 Å². The molecular weight excluding hydrogens is 394 g/mol. The van der Waals surface area contributed by atoms with Crippen LogP contribution in [0, 0.1) is 6.92 Å². The van der Waals surface area contributed by atoms with Gasteiger partial charge in [0.25, 0.3) is 0 Å². The van der Waals surface area contributed by atoms with Crippen molar-refractivity contribution in [3.05, 3.63) is 66.0 Å². The van der Waals surface area contributed by atoms with E-state index in [-0.39, 0.29) is 6.42 Å². The van der Waals surface area contributed by atoms with Gasteiger partial charge in [-0.05, 0) is 48.9 Å². The van der Waals surface area contributed by atoms with Crippen molar-refractivity contribution in [2.75, 3.05) is 12.4 Å². The molecule has 0 radical (unpaired) electrons. The van der Waals surface area contributed by atoms with Crippen molar-refractivity contribution in [3.63, 3.8) is 0 Å². The normalized spacial score (nSPS) is 10.8. The number of benzene rings is 2. The first-order valence-corrected chi connectivity index (χ1v) is 9.72. The van der Waals surface area contributed by atoms with Crippen LogP contribution in [-0.4, -0.2) is 27.6 Å². The molecule has 0 unspecified atom stereocenters. The van der Waals surface area contributed by atoms with Crippen molar-refractivity contribution in [3.8, 4) is 17.2 Å². The van der Waals surface area contributed by atoms with E-state index in [0.29, 0.717) is 23.1 Å². The van der Waals surface area contributed by atoms with Crippen molar-refractivity contribution < 1.29 is 14.3 Å². The SMILES string of the molecule is COc1ccc(Nc2nc3cc(Oc4ccnc(CC(N)=O)c4)ccc3n2C)c(C)c1. The summed E-state index contributed by atoms with van der Waals surface area (Å²) in [6.07, 6.45) is 1.66. The summed E-state index contributed by atoms with van der Waals surface area (Å²) in [4.78, 5) is 20.0. The molecule has 158 valence electrons. The first-order valence-electron chi connectivity index (χ1n) is 9.72. The topological polar surface area (TPSA) is 104 Å². The standard InChI is InChI=1S/C23H23N5O3/c1-14-10-16(30-3)4-6-19(14)26-23-27-20-13-17(5-7-21(20)28(23)2)31-18-8-9-25-15(11-18)12-22(24)29/h4-11,13H,12H2,1-3H3,(H2,24,29)(H,26,27). The maximum absolute atomic E-state index is 11.1. The van der Waals surface area contributed by atoms with Gasteiger partial charge in [-0.3, -0.25) is 9.78 Å². The molecule has 2 heterocycles. The first-order chi connectivity index (χ1) is 14.9. The number of ether oxygens (including phenoxy) is 2. The van der Waals surface area contributed by atoms with E-state index in [0.717, 1.165) is 28.0 Å². The fraction of sp³-hybridized carbons (Fsp3) is 0.174. The lowest BCUT2D eigenvalue weighted by Crippen LogP contribution is -2.14. The van der Waals surface area contributed by atoms with Crippen LogP contribution in [0.4, 0.5) is 11.6 Å². The number of carbonyl (C=O) groups is 1. The number of amides is 1. The van der Waals surface area contributed by atoms with Gasteiger partial charge in [-0.15, -0.1) is 0 Å². The minimum atomic E-state index is -0.438. The van der Waals surface area contributed by atoms with Crippen LogP contribution in [-0.2, 0) is 18.3 Å². The third-order valence-electron chi connectivity index (χ3n) is 4.91. The van der Waals surface area contributed by atoms with Gasteiger partial charge in [-0.2, -0.15) is 0 Å². The van der Waals surface area contributed by atoms with Crippen molar-refractivity contribution in [2.45, 2.75) is 13.3 Å². The number of rotatable bonds is 7. The van der Waals surface area contributed by atoms with Crippen LogP contribution >= 0.6 is 0 Å². The third-order valence-corrected chi connectivity index (χ3v) is 4.91. The molecule has 8 heteroatoms. The van der Waals surface area contributed by atoms with Gasteiger partial charge in [0.05, 0.1) is 30.3 Å². The van der Waals surface area contributed by atoms with Crippen LogP contribution in [0.1, 0.15) is 11.3 Å². The first kappa shape index (κ1) is 20.2. The lowest BCUT2D eigenvalue weighted by atomic mass is 10.2. The van der Waals surface area contributed by atoms with E-state index in [4.69, 9.17) is 20.2 Å². The average molecular weight is 417 g/mol. The molecule has 0 aliphatic heterocycles. The molecule has 4 aromatic rings. The Morgan fingerprint density at radius 1 is 1.10 bits per heavy atom. The molecule has 3 N–H and O–H groups in total. The van der Waals surface area contributed by atoms with Gasteiger partial charge in [-0.1, -0.05) is 0 Å². The molecule has 0 bridgehead atoms. The molecule has 2 aromatic heterocycles. The van der Waals surface area contributed by atoms with Gasteiger partial charge in [0.15, 0.2) is 0 Å². The van der Waals surface area contributed by atoms with E-state index in [1.807, 2.05) is 54.9 Å². The second-order valence-corrected chi connectivity index (χ2v) is 7.18. The lowest BCUT2D eigenvalue weighted by molar-refractivity contribution is -0.117. The van der Waals surface area contributed by atoms with Gasteiger partial charge in [-0.25, -0.2) is 4.98 Å². The highest BCUT2D eigenvalue weighted by molar-refractivity contribution is 5.81. The predicted molar refractivity (Wildman–Crippen MR) is 119 cm³/mol. The van der Waals surface area contributed by atoms with Gasteiger partial charge >= 0.3 is 0 Å². The Labute approximate surface area is 179 Å². The van der Waals surface area contributed by atoms with E-state index in [1.54, 1.807) is 25.4 Å². The largest absolute Gasteiger partial charge is 0.497 e. The fourth-order valence-electron chi connectivity index (χ4n) is 3.31. The number of primary amides is 1. The number of imidazole rings is 1. The lowest BCUT2D eigenvalue weighted by Gasteiger charge is -2.10. The van der Waals surface area contributed by atoms with Crippen LogP contribution in [0.3, 0.4) is 0 Å². The quantitative estimate of drug-likeness (QED) is 0.473. The molecule has 1 amide bonds. The van der Waals surface area contributed by atoms with Crippen LogP contribution < -0.4 is 20.5 Å². The number of nitrogens with zero attached hydrogens (tertiary/aromatic N) is 3. The third kappa shape index (κ3) is 4.42. The number of nitrogens with two attached hydrogens (primary N) is 1. The summed E-state index contributed by atoms with van der Waals surface area (Å²) in [5.74, 6) is 2.30. The van der Waals surface area contributed by atoms with E-state index in [9.17, 15) is 4.79 Å². The van der Waals surface area contributed by atoms with E-state index in [2.05, 4.69) is 10.3 Å². The van der Waals surface area contributed by atoms with Crippen molar-refractivity contribution >= 4 is 28.6 Å². The van der Waals surface area contributed by atoms with E-state index in [1.165, 1.54) is 0 Å². The minimum absolute atomic E-state index is 0.0658. The number of pyridine rings is 1. The Kier molecular flexibility index (Phi) is 5.44. The summed E-state index contributed by atoms with van der Waals surface area (Å²) in [5, 5.41) is 3.38. The Morgan fingerprint density at radius 3 is 2.61 bits per heavy atom. The van der Waals surface area contributed by atoms with E-state index >= 15 is 0 Å². The van der Waals surface area contributed by atoms with Gasteiger partial charge in [0.1, 0.15) is 17.2 Å². The van der Waals surface area contributed by atoms with Gasteiger partial charge in [0.2, 0.25) is 11.9 Å². The number of hydrogen-bond donors (Lipinski definition) is 2. The second-order valence-electron chi connectivity index (χ2n) is 7.18. The van der Waals surface area contributed by atoms with E-state index < -0.39 is 5.91 Å². The molecule has 0 atom stereocenters. The maximum atomic E-state index is 11.1. The smallest absolute Gasteiger partial charge is 0.223 e. The Hall–Kier alpha value is -4.07. The molecular formula is C23H23N5O3. The molecule has 31 heavy (non-hydrogen) atoms. The summed E-state index contributed by atoms with van der Waals surface area (Å²) in [6, 6.07) is 15.0. The molecule has 0 aliphatic rings. The number of methoxy groups -OCH3 is 1. The zero-order valence-electron chi connectivity index (χ0n) is 17.5. The van der Waals surface area contributed by atoms with Gasteiger partial charge < -0.3 is 25.1 Å². The van der Waals surface area contributed by atoms with Gasteiger partial charge in [0, 0.05) is 31.1 Å². The van der Waals surface area contributed by atoms with Crippen molar-refractivity contribution in [1.29, 1.82) is 0 Å². The second kappa shape index (κ2) is 8.35. The number of aryl methyl sites for hydroxylation is 2. The van der Waals surface area contributed by atoms with Crippen molar-refractivity contribution in [1.82, 2.24) is 14.5 Å². The summed E-state index contributed by atoms with van der Waals surface area (Å²) in [6.45, 7) is 2.01. The zero-order chi connectivity index (χ0) is 22.0. The number of aromatic nitrogens is 3. The minimum Gasteiger partial charge on any atom is -0.497 e. The summed E-state index contributed by atoms with van der Waals surface area (Å²) >= 11 is 0. The number of anilines is 2.